The maximum Gasteiger partial charge on any atom is 0.145 e. The van der Waals surface area contributed by atoms with E-state index in [4.69, 9.17) is 4.74 Å². The topological polar surface area (TPSA) is 26.3 Å². The molecule has 2 heteroatoms. The van der Waals surface area contributed by atoms with Crippen molar-refractivity contribution in [3.63, 3.8) is 0 Å². The van der Waals surface area contributed by atoms with E-state index < -0.39 is 0 Å². The molecule has 74 valence electrons. The van der Waals surface area contributed by atoms with Crippen molar-refractivity contribution in [1.29, 1.82) is 0 Å². The molecule has 0 amide bonds. The number of aldehydes is 1. The lowest BCUT2D eigenvalue weighted by Gasteiger charge is -2.00. The first-order chi connectivity index (χ1) is 6.76. The van der Waals surface area contributed by atoms with Gasteiger partial charge in [-0.1, -0.05) is 18.2 Å². The number of methoxy groups -OCH3 is 1. The Morgan fingerprint density at radius 2 is 2.29 bits per heavy atom. The van der Waals surface area contributed by atoms with E-state index in [1.54, 1.807) is 14.0 Å². The lowest BCUT2D eigenvalue weighted by molar-refractivity contribution is -0.104. The molecular formula is C12H14O2. The number of rotatable bonds is 4. The van der Waals surface area contributed by atoms with Crippen LogP contribution >= 0.6 is 0 Å². The molecule has 2 nitrogen and oxygen atoms in total. The van der Waals surface area contributed by atoms with Crippen molar-refractivity contribution in [2.75, 3.05) is 7.11 Å². The van der Waals surface area contributed by atoms with Crippen LogP contribution in [0.25, 0.3) is 6.08 Å². The average Bonchev–Trinajstić information content (AvgIpc) is 2.19. The van der Waals surface area contributed by atoms with E-state index in [0.29, 0.717) is 6.61 Å². The highest BCUT2D eigenvalue weighted by atomic mass is 16.5. The zero-order valence-electron chi connectivity index (χ0n) is 8.49. The summed E-state index contributed by atoms with van der Waals surface area (Å²) in [7, 11) is 1.67. The van der Waals surface area contributed by atoms with Crippen LogP contribution < -0.4 is 0 Å². The third kappa shape index (κ3) is 3.15. The predicted octanol–water partition coefficient (Wildman–Crippen LogP) is 2.44. The number of carbonyl (C=O) groups is 1. The van der Waals surface area contributed by atoms with E-state index in [2.05, 4.69) is 0 Å². The number of hydrogen-bond donors (Lipinski definition) is 0. The second kappa shape index (κ2) is 5.35. The number of carbonyl (C=O) groups excluding carboxylic acids is 1. The molecule has 1 rings (SSSR count). The van der Waals surface area contributed by atoms with Crippen molar-refractivity contribution in [2.45, 2.75) is 13.5 Å². The number of ether oxygens (including phenoxy) is 1. The highest BCUT2D eigenvalue weighted by Crippen LogP contribution is 2.09. The predicted molar refractivity (Wildman–Crippen MR) is 56.9 cm³/mol. The number of benzene rings is 1. The van der Waals surface area contributed by atoms with Gasteiger partial charge in [0.05, 0.1) is 6.61 Å². The van der Waals surface area contributed by atoms with Gasteiger partial charge in [0.2, 0.25) is 0 Å². The van der Waals surface area contributed by atoms with E-state index in [0.717, 1.165) is 23.0 Å². The summed E-state index contributed by atoms with van der Waals surface area (Å²) in [5, 5.41) is 0. The van der Waals surface area contributed by atoms with Crippen LogP contribution in [0.4, 0.5) is 0 Å². The molecule has 0 N–H and O–H groups in total. The number of hydrogen-bond acceptors (Lipinski definition) is 2. The van der Waals surface area contributed by atoms with Gasteiger partial charge < -0.3 is 4.74 Å². The molecule has 1 aromatic rings. The lowest BCUT2D eigenvalue weighted by atomic mass is 10.1. The van der Waals surface area contributed by atoms with Crippen LogP contribution in [-0.2, 0) is 16.1 Å². The van der Waals surface area contributed by atoms with Crippen LogP contribution in [-0.4, -0.2) is 13.4 Å². The van der Waals surface area contributed by atoms with Gasteiger partial charge in [-0.15, -0.1) is 0 Å². The first-order valence-corrected chi connectivity index (χ1v) is 4.47. The third-order valence-electron chi connectivity index (χ3n) is 1.84. The summed E-state index contributed by atoms with van der Waals surface area (Å²) in [6.07, 6.45) is 2.70. The molecule has 0 fully saturated rings. The normalized spacial score (nSPS) is 11.4. The van der Waals surface area contributed by atoms with Gasteiger partial charge in [0, 0.05) is 7.11 Å². The fourth-order valence-corrected chi connectivity index (χ4v) is 1.24. The Bertz CT molecular complexity index is 340. The van der Waals surface area contributed by atoms with Crippen LogP contribution in [0, 0.1) is 0 Å². The molecule has 0 heterocycles. The molecule has 0 saturated heterocycles. The Labute approximate surface area is 84.2 Å². The maximum atomic E-state index is 10.4. The molecule has 0 aliphatic rings. The first-order valence-electron chi connectivity index (χ1n) is 4.47. The molecule has 0 saturated carbocycles. The SMILES string of the molecule is COCc1cccc(C=C(C)C=O)c1. The van der Waals surface area contributed by atoms with Crippen LogP contribution in [0.2, 0.25) is 0 Å². The standard InChI is InChI=1S/C12H14O2/c1-10(8-13)6-11-4-3-5-12(7-11)9-14-2/h3-8H,9H2,1-2H3. The Morgan fingerprint density at radius 3 is 2.93 bits per heavy atom. The highest BCUT2D eigenvalue weighted by Gasteiger charge is 1.93. The molecule has 0 radical (unpaired) electrons. The fourth-order valence-electron chi connectivity index (χ4n) is 1.24. The molecule has 0 unspecified atom stereocenters. The molecule has 0 aliphatic carbocycles. The molecule has 0 aromatic heterocycles. The molecular weight excluding hydrogens is 176 g/mol. The number of allylic oxidation sites excluding steroid dienone is 1. The second-order valence-corrected chi connectivity index (χ2v) is 3.18. The minimum Gasteiger partial charge on any atom is -0.380 e. The Kier molecular flexibility index (Phi) is 4.08. The molecule has 0 aliphatic heterocycles. The first kappa shape index (κ1) is 10.7. The summed E-state index contributed by atoms with van der Waals surface area (Å²) >= 11 is 0. The van der Waals surface area contributed by atoms with Crippen molar-refractivity contribution in [1.82, 2.24) is 0 Å². The van der Waals surface area contributed by atoms with Gasteiger partial charge in [0.1, 0.15) is 6.29 Å². The summed E-state index contributed by atoms with van der Waals surface area (Å²) in [6.45, 7) is 2.39. The molecule has 0 atom stereocenters. The van der Waals surface area contributed by atoms with Gasteiger partial charge in [-0.2, -0.15) is 0 Å². The smallest absolute Gasteiger partial charge is 0.145 e. The Hall–Kier alpha value is -1.41. The largest absolute Gasteiger partial charge is 0.380 e. The Morgan fingerprint density at radius 1 is 1.50 bits per heavy atom. The molecule has 14 heavy (non-hydrogen) atoms. The van der Waals surface area contributed by atoms with E-state index in [1.165, 1.54) is 0 Å². The minimum atomic E-state index is 0.599. The molecule has 1 aromatic carbocycles. The van der Waals surface area contributed by atoms with Gasteiger partial charge in [0.15, 0.2) is 0 Å². The molecule has 0 spiro atoms. The van der Waals surface area contributed by atoms with Crippen molar-refractivity contribution in [3.05, 3.63) is 41.0 Å². The monoisotopic (exact) mass is 190 g/mol. The van der Waals surface area contributed by atoms with Gasteiger partial charge in [-0.25, -0.2) is 0 Å². The zero-order valence-corrected chi connectivity index (χ0v) is 8.49. The van der Waals surface area contributed by atoms with Gasteiger partial charge >= 0.3 is 0 Å². The van der Waals surface area contributed by atoms with Crippen LogP contribution in [0.15, 0.2) is 29.8 Å². The van der Waals surface area contributed by atoms with Gasteiger partial charge in [-0.3, -0.25) is 4.79 Å². The quantitative estimate of drug-likeness (QED) is 0.538. The summed E-state index contributed by atoms with van der Waals surface area (Å²) < 4.78 is 5.02. The van der Waals surface area contributed by atoms with Crippen molar-refractivity contribution in [3.8, 4) is 0 Å². The van der Waals surface area contributed by atoms with Gasteiger partial charge in [0.25, 0.3) is 0 Å². The van der Waals surface area contributed by atoms with Crippen molar-refractivity contribution < 1.29 is 9.53 Å². The second-order valence-electron chi connectivity index (χ2n) is 3.18. The lowest BCUT2D eigenvalue weighted by Crippen LogP contribution is -1.87. The van der Waals surface area contributed by atoms with Gasteiger partial charge in [-0.05, 0) is 35.8 Å². The summed E-state index contributed by atoms with van der Waals surface area (Å²) in [5.74, 6) is 0. The summed E-state index contributed by atoms with van der Waals surface area (Å²) in [6, 6.07) is 7.93. The van der Waals surface area contributed by atoms with E-state index in [9.17, 15) is 4.79 Å². The third-order valence-corrected chi connectivity index (χ3v) is 1.84. The summed E-state index contributed by atoms with van der Waals surface area (Å²) in [4.78, 5) is 10.4. The van der Waals surface area contributed by atoms with E-state index in [-0.39, 0.29) is 0 Å². The average molecular weight is 190 g/mol. The van der Waals surface area contributed by atoms with Crippen LogP contribution in [0.1, 0.15) is 18.1 Å². The highest BCUT2D eigenvalue weighted by molar-refractivity contribution is 5.80. The Balaban J connectivity index is 2.88. The van der Waals surface area contributed by atoms with Crippen molar-refractivity contribution >= 4 is 12.4 Å². The minimum absolute atomic E-state index is 0.599. The van der Waals surface area contributed by atoms with E-state index >= 15 is 0 Å². The maximum absolute atomic E-state index is 10.4. The molecule has 0 bridgehead atoms. The van der Waals surface area contributed by atoms with Crippen LogP contribution in [0.5, 0.6) is 0 Å². The zero-order chi connectivity index (χ0) is 10.4. The fraction of sp³-hybridized carbons (Fsp3) is 0.250. The van der Waals surface area contributed by atoms with E-state index in [1.807, 2.05) is 30.3 Å². The van der Waals surface area contributed by atoms with Crippen molar-refractivity contribution in [2.24, 2.45) is 0 Å². The summed E-state index contributed by atoms with van der Waals surface area (Å²) in [5.41, 5.74) is 2.86. The van der Waals surface area contributed by atoms with Crippen LogP contribution in [0.3, 0.4) is 0 Å².